The van der Waals surface area contributed by atoms with Gasteiger partial charge in [-0.1, -0.05) is 18.2 Å². The maximum atomic E-state index is 12.7. The Bertz CT molecular complexity index is 1370. The van der Waals surface area contributed by atoms with Crippen LogP contribution < -0.4 is 19.5 Å². The third-order valence-electron chi connectivity index (χ3n) is 5.56. The topological polar surface area (TPSA) is 124 Å². The number of ether oxygens (including phenoxy) is 3. The van der Waals surface area contributed by atoms with E-state index in [9.17, 15) is 20.2 Å². The first kappa shape index (κ1) is 27.5. The Morgan fingerprint density at radius 3 is 2.34 bits per heavy atom. The lowest BCUT2D eigenvalue weighted by Gasteiger charge is -2.16. The summed E-state index contributed by atoms with van der Waals surface area (Å²) in [6.07, 6.45) is 3.63. The molecule has 0 saturated heterocycles. The Morgan fingerprint density at radius 2 is 1.76 bits per heavy atom. The Balaban J connectivity index is 1.80. The van der Waals surface area contributed by atoms with E-state index in [1.807, 2.05) is 18.2 Å². The van der Waals surface area contributed by atoms with Crippen molar-refractivity contribution in [2.45, 2.75) is 19.6 Å². The van der Waals surface area contributed by atoms with Crippen molar-refractivity contribution in [2.24, 2.45) is 0 Å². The van der Waals surface area contributed by atoms with E-state index in [-0.39, 0.29) is 24.4 Å². The van der Waals surface area contributed by atoms with Gasteiger partial charge in [-0.05, 0) is 65.6 Å². The van der Waals surface area contributed by atoms with Gasteiger partial charge in [0.25, 0.3) is 11.6 Å². The van der Waals surface area contributed by atoms with Crippen LogP contribution in [0.1, 0.15) is 22.3 Å². The van der Waals surface area contributed by atoms with Crippen molar-refractivity contribution in [1.29, 1.82) is 5.26 Å². The van der Waals surface area contributed by atoms with Gasteiger partial charge in [0.05, 0.1) is 19.1 Å². The number of allylic oxidation sites excluding steroid dienone is 1. The minimum atomic E-state index is -0.508. The summed E-state index contributed by atoms with van der Waals surface area (Å²) in [5.41, 5.74) is 2.86. The molecular weight excluding hydrogens is 486 g/mol. The average molecular weight is 514 g/mol. The highest BCUT2D eigenvalue weighted by molar-refractivity contribution is 6.01. The van der Waals surface area contributed by atoms with Crippen LogP contribution in [-0.4, -0.2) is 25.1 Å². The summed E-state index contributed by atoms with van der Waals surface area (Å²) in [5, 5.41) is 23.3. The lowest BCUT2D eigenvalue weighted by molar-refractivity contribution is -0.384. The van der Waals surface area contributed by atoms with Crippen molar-refractivity contribution in [3.05, 3.63) is 111 Å². The predicted octanol–water partition coefficient (Wildman–Crippen LogP) is 5.14. The van der Waals surface area contributed by atoms with Crippen molar-refractivity contribution in [2.75, 3.05) is 14.2 Å². The van der Waals surface area contributed by atoms with Gasteiger partial charge in [0, 0.05) is 24.2 Å². The number of nitriles is 1. The van der Waals surface area contributed by atoms with Gasteiger partial charge in [0.2, 0.25) is 0 Å². The summed E-state index contributed by atoms with van der Waals surface area (Å²) in [6, 6.07) is 18.7. The molecule has 0 bridgehead atoms. The molecule has 0 saturated carbocycles. The van der Waals surface area contributed by atoms with Crippen LogP contribution in [0.4, 0.5) is 5.69 Å². The third-order valence-corrected chi connectivity index (χ3v) is 5.56. The molecule has 0 unspecified atom stereocenters. The first-order valence-electron chi connectivity index (χ1n) is 11.6. The molecular formula is C29H27N3O6. The molecule has 38 heavy (non-hydrogen) atoms. The van der Waals surface area contributed by atoms with Crippen molar-refractivity contribution in [1.82, 2.24) is 5.32 Å². The number of nitrogens with one attached hydrogen (secondary N) is 1. The minimum absolute atomic E-state index is 0.00356. The zero-order valence-electron chi connectivity index (χ0n) is 21.1. The van der Waals surface area contributed by atoms with Gasteiger partial charge in [-0.3, -0.25) is 14.9 Å². The molecule has 0 radical (unpaired) electrons. The fraction of sp³-hybridized carbons (Fsp3) is 0.172. The van der Waals surface area contributed by atoms with E-state index in [1.165, 1.54) is 25.3 Å². The highest BCUT2D eigenvalue weighted by Crippen LogP contribution is 2.35. The van der Waals surface area contributed by atoms with E-state index in [2.05, 4.69) is 11.9 Å². The van der Waals surface area contributed by atoms with Crippen molar-refractivity contribution >= 4 is 17.7 Å². The van der Waals surface area contributed by atoms with E-state index in [1.54, 1.807) is 49.6 Å². The number of nitro benzene ring substituents is 1. The maximum Gasteiger partial charge on any atom is 0.269 e. The molecule has 3 rings (SSSR count). The first-order valence-corrected chi connectivity index (χ1v) is 11.6. The molecule has 0 aromatic heterocycles. The highest BCUT2D eigenvalue weighted by atomic mass is 16.6. The monoisotopic (exact) mass is 513 g/mol. The number of nitro groups is 1. The summed E-state index contributed by atoms with van der Waals surface area (Å²) >= 11 is 0. The number of nitrogens with zero attached hydrogens (tertiary/aromatic N) is 2. The molecule has 0 aliphatic carbocycles. The number of carbonyl (C=O) groups excluding carboxylic acids is 1. The van der Waals surface area contributed by atoms with Crippen LogP contribution in [0.3, 0.4) is 0 Å². The number of hydrogen-bond acceptors (Lipinski definition) is 7. The fourth-order valence-corrected chi connectivity index (χ4v) is 3.60. The Kier molecular flexibility index (Phi) is 9.60. The summed E-state index contributed by atoms with van der Waals surface area (Å²) < 4.78 is 16.7. The molecule has 0 atom stereocenters. The van der Waals surface area contributed by atoms with Gasteiger partial charge in [-0.25, -0.2) is 0 Å². The number of hydrogen-bond donors (Lipinski definition) is 1. The molecule has 9 nitrogen and oxygen atoms in total. The van der Waals surface area contributed by atoms with Crippen LogP contribution in [0.15, 0.2) is 78.9 Å². The zero-order chi connectivity index (χ0) is 27.5. The standard InChI is InChI=1S/C29H27N3O6/c1-4-5-23-14-22(15-24(17-30)29(33)31-18-20-8-12-26(36-2)13-9-20)16-27(37-3)28(23)38-19-21-6-10-25(11-7-21)32(34)35/h4,6-16H,1,5,18-19H2,2-3H3,(H,31,33)/b24-15-. The number of carbonyl (C=O) groups is 1. The summed E-state index contributed by atoms with van der Waals surface area (Å²) in [7, 11) is 3.07. The average Bonchev–Trinajstić information content (AvgIpc) is 2.94. The Labute approximate surface area is 220 Å². The third kappa shape index (κ3) is 7.21. The van der Waals surface area contributed by atoms with Gasteiger partial charge >= 0.3 is 0 Å². The van der Waals surface area contributed by atoms with E-state index >= 15 is 0 Å². The van der Waals surface area contributed by atoms with E-state index in [0.29, 0.717) is 29.2 Å². The fourth-order valence-electron chi connectivity index (χ4n) is 3.60. The van der Waals surface area contributed by atoms with Crippen molar-refractivity contribution < 1.29 is 23.9 Å². The van der Waals surface area contributed by atoms with Crippen LogP contribution in [0, 0.1) is 21.4 Å². The second-order valence-corrected chi connectivity index (χ2v) is 8.12. The van der Waals surface area contributed by atoms with E-state index in [4.69, 9.17) is 14.2 Å². The summed E-state index contributed by atoms with van der Waals surface area (Å²) in [6.45, 7) is 4.21. The van der Waals surface area contributed by atoms with Crippen LogP contribution >= 0.6 is 0 Å². The molecule has 1 N–H and O–H groups in total. The predicted molar refractivity (Wildman–Crippen MR) is 143 cm³/mol. The Morgan fingerprint density at radius 1 is 1.08 bits per heavy atom. The molecule has 0 fully saturated rings. The van der Waals surface area contributed by atoms with Gasteiger partial charge < -0.3 is 19.5 Å². The smallest absolute Gasteiger partial charge is 0.269 e. The molecule has 0 heterocycles. The van der Waals surface area contributed by atoms with Crippen molar-refractivity contribution in [3.63, 3.8) is 0 Å². The van der Waals surface area contributed by atoms with Crippen LogP contribution in [0.2, 0.25) is 0 Å². The van der Waals surface area contributed by atoms with E-state index in [0.717, 1.165) is 16.7 Å². The second-order valence-electron chi connectivity index (χ2n) is 8.12. The molecule has 0 aliphatic rings. The van der Waals surface area contributed by atoms with Gasteiger partial charge in [0.1, 0.15) is 24.0 Å². The van der Waals surface area contributed by atoms with Crippen LogP contribution in [-0.2, 0) is 24.4 Å². The summed E-state index contributed by atoms with van der Waals surface area (Å²) in [4.78, 5) is 23.1. The van der Waals surface area contributed by atoms with E-state index < -0.39 is 10.8 Å². The number of non-ortho nitro benzene ring substituents is 1. The largest absolute Gasteiger partial charge is 0.497 e. The number of amides is 1. The quantitative estimate of drug-likeness (QED) is 0.117. The van der Waals surface area contributed by atoms with Crippen LogP contribution in [0.5, 0.6) is 17.2 Å². The molecule has 0 spiro atoms. The zero-order valence-corrected chi connectivity index (χ0v) is 21.1. The first-order chi connectivity index (χ1) is 18.4. The molecule has 1 amide bonds. The lowest BCUT2D eigenvalue weighted by Crippen LogP contribution is -2.23. The lowest BCUT2D eigenvalue weighted by atomic mass is 10.0. The number of rotatable bonds is 12. The molecule has 3 aromatic carbocycles. The highest BCUT2D eigenvalue weighted by Gasteiger charge is 2.15. The molecule has 0 aliphatic heterocycles. The maximum absolute atomic E-state index is 12.7. The van der Waals surface area contributed by atoms with Gasteiger partial charge in [-0.2, -0.15) is 5.26 Å². The van der Waals surface area contributed by atoms with Gasteiger partial charge in [0.15, 0.2) is 11.5 Å². The normalized spacial score (nSPS) is 10.7. The number of methoxy groups -OCH3 is 2. The second kappa shape index (κ2) is 13.3. The minimum Gasteiger partial charge on any atom is -0.497 e. The number of benzene rings is 3. The van der Waals surface area contributed by atoms with Crippen molar-refractivity contribution in [3.8, 4) is 23.3 Å². The molecule has 9 heteroatoms. The Hall–Kier alpha value is -5.10. The van der Waals surface area contributed by atoms with Crippen LogP contribution in [0.25, 0.3) is 6.08 Å². The van der Waals surface area contributed by atoms with Gasteiger partial charge in [-0.15, -0.1) is 6.58 Å². The summed E-state index contributed by atoms with van der Waals surface area (Å²) in [5.74, 6) is 1.09. The molecule has 194 valence electrons. The SMILES string of the molecule is C=CCc1cc(/C=C(/C#N)C(=O)NCc2ccc(OC)cc2)cc(OC)c1OCc1ccc([N+](=O)[O-])cc1. The molecule has 3 aromatic rings.